The molecule has 0 N–H and O–H groups in total. The highest BCUT2D eigenvalue weighted by molar-refractivity contribution is 5.60. The van der Waals surface area contributed by atoms with Crippen LogP contribution in [0.15, 0.2) is 66.4 Å². The molecule has 0 fully saturated rings. The number of allylic oxidation sites excluding steroid dienone is 1. The summed E-state index contributed by atoms with van der Waals surface area (Å²) in [6.07, 6.45) is 6.00. The molecule has 0 bridgehead atoms. The molecule has 0 amide bonds. The number of hydrogen-bond donors (Lipinski definition) is 0. The van der Waals surface area contributed by atoms with Crippen molar-refractivity contribution < 1.29 is 9.13 Å². The van der Waals surface area contributed by atoms with Crippen molar-refractivity contribution in [2.24, 2.45) is 5.41 Å². The van der Waals surface area contributed by atoms with Crippen molar-refractivity contribution in [1.29, 1.82) is 0 Å². The first-order chi connectivity index (χ1) is 13.5. The van der Waals surface area contributed by atoms with Gasteiger partial charge in [0.15, 0.2) is 0 Å². The van der Waals surface area contributed by atoms with Crippen LogP contribution in [0.2, 0.25) is 0 Å². The van der Waals surface area contributed by atoms with Gasteiger partial charge in [0.05, 0.1) is 23.7 Å². The van der Waals surface area contributed by atoms with E-state index in [0.717, 1.165) is 24.2 Å². The summed E-state index contributed by atoms with van der Waals surface area (Å²) in [7, 11) is 1.78. The Bertz CT molecular complexity index is 991. The molecular weight excluding hydrogens is 351 g/mol. The number of hydrogen-bond acceptors (Lipinski definition) is 2. The molecule has 4 heteroatoms. The van der Waals surface area contributed by atoms with E-state index in [1.165, 1.54) is 28.8 Å². The summed E-state index contributed by atoms with van der Waals surface area (Å²) in [6.45, 7) is 4.48. The largest absolute Gasteiger partial charge is 0.377 e. The molecule has 1 aliphatic carbocycles. The number of rotatable bonds is 5. The van der Waals surface area contributed by atoms with Crippen LogP contribution in [0.1, 0.15) is 43.2 Å². The predicted octanol–water partition coefficient (Wildman–Crippen LogP) is 5.75. The van der Waals surface area contributed by atoms with Crippen LogP contribution < -0.4 is 0 Å². The molecule has 4 rings (SSSR count). The molecule has 0 radical (unpaired) electrons. The first-order valence-electron chi connectivity index (χ1n) is 9.59. The Morgan fingerprint density at radius 2 is 1.86 bits per heavy atom. The van der Waals surface area contributed by atoms with Crippen LogP contribution >= 0.6 is 0 Å². The minimum absolute atomic E-state index is 0.0137. The summed E-state index contributed by atoms with van der Waals surface area (Å²) in [6, 6.07) is 16.8. The van der Waals surface area contributed by atoms with Crippen LogP contribution in [0.3, 0.4) is 0 Å². The third kappa shape index (κ3) is 3.40. The topological polar surface area (TPSA) is 27.1 Å². The molecule has 144 valence electrons. The number of halogens is 1. The third-order valence-corrected chi connectivity index (χ3v) is 5.94. The maximum absolute atomic E-state index is 13.3. The molecule has 3 nitrogen and oxygen atoms in total. The molecule has 0 aliphatic heterocycles. The van der Waals surface area contributed by atoms with E-state index >= 15 is 0 Å². The average molecular weight is 376 g/mol. The highest BCUT2D eigenvalue weighted by Crippen LogP contribution is 2.45. The second kappa shape index (κ2) is 7.36. The number of methoxy groups -OCH3 is 1. The second-order valence-electron chi connectivity index (χ2n) is 7.85. The van der Waals surface area contributed by atoms with Crippen LogP contribution in [0.4, 0.5) is 4.39 Å². The summed E-state index contributed by atoms with van der Waals surface area (Å²) < 4.78 is 21.0. The van der Waals surface area contributed by atoms with E-state index in [1.54, 1.807) is 19.2 Å². The van der Waals surface area contributed by atoms with E-state index in [-0.39, 0.29) is 17.3 Å². The first kappa shape index (κ1) is 18.6. The number of benzene rings is 2. The molecule has 2 atom stereocenters. The summed E-state index contributed by atoms with van der Waals surface area (Å²) >= 11 is 0. The highest BCUT2D eigenvalue weighted by atomic mass is 19.1. The molecule has 28 heavy (non-hydrogen) atoms. The Morgan fingerprint density at radius 3 is 2.54 bits per heavy atom. The molecular formula is C24H25FN2O. The first-order valence-corrected chi connectivity index (χ1v) is 9.59. The van der Waals surface area contributed by atoms with Gasteiger partial charge in [-0.3, -0.25) is 0 Å². The predicted molar refractivity (Wildman–Crippen MR) is 110 cm³/mol. The zero-order chi connectivity index (χ0) is 19.7. The van der Waals surface area contributed by atoms with Gasteiger partial charge in [0.25, 0.3) is 0 Å². The van der Waals surface area contributed by atoms with Gasteiger partial charge in [-0.25, -0.2) is 9.07 Å². The quantitative estimate of drug-likeness (QED) is 0.566. The summed E-state index contributed by atoms with van der Waals surface area (Å²) in [5, 5.41) is 4.57. The third-order valence-electron chi connectivity index (χ3n) is 5.94. The normalized spacial score (nSPS) is 19.8. The van der Waals surface area contributed by atoms with E-state index in [4.69, 9.17) is 4.74 Å². The minimum Gasteiger partial charge on any atom is -0.377 e. The Labute approximate surface area is 165 Å². The van der Waals surface area contributed by atoms with Crippen molar-refractivity contribution in [3.05, 3.63) is 89.0 Å². The molecule has 0 spiro atoms. The van der Waals surface area contributed by atoms with Crippen molar-refractivity contribution in [1.82, 2.24) is 9.78 Å². The molecule has 1 aliphatic rings. The van der Waals surface area contributed by atoms with E-state index in [0.29, 0.717) is 0 Å². The van der Waals surface area contributed by atoms with Gasteiger partial charge in [0.1, 0.15) is 5.82 Å². The highest BCUT2D eigenvalue weighted by Gasteiger charge is 2.35. The lowest BCUT2D eigenvalue weighted by Crippen LogP contribution is -2.27. The summed E-state index contributed by atoms with van der Waals surface area (Å²) in [5.41, 5.74) is 5.65. The van der Waals surface area contributed by atoms with Gasteiger partial charge >= 0.3 is 0 Å². The number of ether oxygens (including phenoxy) is 1. The molecule has 0 saturated heterocycles. The van der Waals surface area contributed by atoms with Gasteiger partial charge in [0.2, 0.25) is 0 Å². The van der Waals surface area contributed by atoms with Gasteiger partial charge in [0, 0.05) is 7.11 Å². The molecule has 3 aromatic rings. The van der Waals surface area contributed by atoms with Gasteiger partial charge in [-0.05, 0) is 66.6 Å². The fourth-order valence-electron chi connectivity index (χ4n) is 4.06. The van der Waals surface area contributed by atoms with Crippen LogP contribution in [0, 0.1) is 11.2 Å². The lowest BCUT2D eigenvalue weighted by atomic mass is 9.70. The van der Waals surface area contributed by atoms with Crippen LogP contribution in [-0.2, 0) is 11.2 Å². The summed E-state index contributed by atoms with van der Waals surface area (Å²) in [4.78, 5) is 0. The fraction of sp³-hybridized carbons (Fsp3) is 0.292. The average Bonchev–Trinajstić information content (AvgIpc) is 3.10. The zero-order valence-corrected chi connectivity index (χ0v) is 16.5. The lowest BCUT2D eigenvalue weighted by Gasteiger charge is -2.37. The molecule has 1 heterocycles. The Morgan fingerprint density at radius 1 is 1.14 bits per heavy atom. The minimum atomic E-state index is -0.240. The van der Waals surface area contributed by atoms with E-state index in [2.05, 4.69) is 49.3 Å². The van der Waals surface area contributed by atoms with Gasteiger partial charge in [-0.15, -0.1) is 0 Å². The van der Waals surface area contributed by atoms with E-state index in [9.17, 15) is 4.39 Å². The lowest BCUT2D eigenvalue weighted by molar-refractivity contribution is 0.0654. The number of nitrogens with zero attached hydrogens (tertiary/aromatic N) is 2. The molecule has 0 saturated carbocycles. The van der Waals surface area contributed by atoms with Crippen molar-refractivity contribution in [3.63, 3.8) is 0 Å². The van der Waals surface area contributed by atoms with Gasteiger partial charge in [-0.1, -0.05) is 42.8 Å². The Hall–Kier alpha value is -2.72. The number of fused-ring (bicyclic) bond motifs is 1. The van der Waals surface area contributed by atoms with Crippen LogP contribution in [0.5, 0.6) is 0 Å². The Kier molecular flexibility index (Phi) is 4.90. The molecule has 1 aromatic heterocycles. The van der Waals surface area contributed by atoms with Crippen molar-refractivity contribution >= 4 is 6.08 Å². The molecule has 1 unspecified atom stereocenters. The number of aromatic nitrogens is 2. The van der Waals surface area contributed by atoms with Gasteiger partial charge in [-0.2, -0.15) is 5.10 Å². The van der Waals surface area contributed by atoms with E-state index < -0.39 is 0 Å². The SMILES string of the molecule is COC(C[C@@]1(C)Cc2cnn(-c3ccc(F)cc3)c2C=C1C)c1ccccc1. The Balaban J connectivity index is 1.64. The van der Waals surface area contributed by atoms with Crippen molar-refractivity contribution in [3.8, 4) is 5.69 Å². The zero-order valence-electron chi connectivity index (χ0n) is 16.5. The maximum atomic E-state index is 13.3. The fourth-order valence-corrected chi connectivity index (χ4v) is 4.06. The van der Waals surface area contributed by atoms with Gasteiger partial charge < -0.3 is 4.74 Å². The summed E-state index contributed by atoms with van der Waals surface area (Å²) in [5.74, 6) is -0.240. The smallest absolute Gasteiger partial charge is 0.123 e. The monoisotopic (exact) mass is 376 g/mol. The standard InChI is InChI=1S/C24H25FN2O/c1-17-13-22-19(16-26-27(22)21-11-9-20(25)10-12-21)14-24(17,2)15-23(28-3)18-7-5-4-6-8-18/h4-13,16,23H,14-15H2,1-3H3/t23?,24-/m1/s1. The van der Waals surface area contributed by atoms with Crippen LogP contribution in [0.25, 0.3) is 11.8 Å². The second-order valence-corrected chi connectivity index (χ2v) is 7.85. The molecule has 2 aromatic carbocycles. The van der Waals surface area contributed by atoms with Crippen molar-refractivity contribution in [2.75, 3.05) is 7.11 Å². The maximum Gasteiger partial charge on any atom is 0.123 e. The van der Waals surface area contributed by atoms with E-state index in [1.807, 2.05) is 16.9 Å². The van der Waals surface area contributed by atoms with Crippen molar-refractivity contribution in [2.45, 2.75) is 32.8 Å². The van der Waals surface area contributed by atoms with Crippen LogP contribution in [-0.4, -0.2) is 16.9 Å².